The molecule has 0 aliphatic rings. The number of aryl methyl sites for hydroxylation is 1. The summed E-state index contributed by atoms with van der Waals surface area (Å²) in [5.74, 6) is 0.868. The molecule has 0 spiro atoms. The van der Waals surface area contributed by atoms with E-state index in [1.165, 1.54) is 6.92 Å². The Hall–Kier alpha value is -3.48. The summed E-state index contributed by atoms with van der Waals surface area (Å²) in [6.07, 6.45) is 1.67. The van der Waals surface area contributed by atoms with Crippen molar-refractivity contribution in [2.75, 3.05) is 11.9 Å². The van der Waals surface area contributed by atoms with Gasteiger partial charge in [-0.25, -0.2) is 0 Å². The summed E-state index contributed by atoms with van der Waals surface area (Å²) in [5, 5.41) is 10.8. The molecule has 0 fully saturated rings. The van der Waals surface area contributed by atoms with Crippen LogP contribution in [0.4, 0.5) is 5.69 Å². The first kappa shape index (κ1) is 18.3. The van der Waals surface area contributed by atoms with Crippen molar-refractivity contribution in [2.45, 2.75) is 20.4 Å². The zero-order valence-corrected chi connectivity index (χ0v) is 15.2. The number of anilines is 1. The van der Waals surface area contributed by atoms with Crippen molar-refractivity contribution in [1.82, 2.24) is 14.8 Å². The van der Waals surface area contributed by atoms with E-state index < -0.39 is 0 Å². The van der Waals surface area contributed by atoms with Crippen LogP contribution in [0.3, 0.4) is 0 Å². The highest BCUT2D eigenvalue weighted by Gasteiger charge is 2.09. The number of nitrogens with zero attached hydrogens (tertiary/aromatic N) is 3. The van der Waals surface area contributed by atoms with Crippen LogP contribution in [0.1, 0.15) is 24.2 Å². The van der Waals surface area contributed by atoms with Crippen LogP contribution in [0.2, 0.25) is 0 Å². The Morgan fingerprint density at radius 1 is 1.15 bits per heavy atom. The molecule has 0 aliphatic carbocycles. The minimum atomic E-state index is -0.294. The molecule has 3 aromatic rings. The molecule has 7 heteroatoms. The van der Waals surface area contributed by atoms with Gasteiger partial charge < -0.3 is 14.6 Å². The summed E-state index contributed by atoms with van der Waals surface area (Å²) in [6, 6.07) is 14.1. The first-order valence-corrected chi connectivity index (χ1v) is 8.58. The van der Waals surface area contributed by atoms with Crippen LogP contribution in [0, 0.1) is 0 Å². The quantitative estimate of drug-likeness (QED) is 0.651. The Bertz CT molecular complexity index is 965. The van der Waals surface area contributed by atoms with E-state index in [0.29, 0.717) is 17.0 Å². The van der Waals surface area contributed by atoms with Gasteiger partial charge in [0.15, 0.2) is 18.2 Å². The van der Waals surface area contributed by atoms with Crippen LogP contribution in [-0.4, -0.2) is 33.1 Å². The van der Waals surface area contributed by atoms with E-state index in [1.54, 1.807) is 36.7 Å². The monoisotopic (exact) mass is 364 g/mol. The van der Waals surface area contributed by atoms with Gasteiger partial charge in [-0.2, -0.15) is 0 Å². The molecule has 1 heterocycles. The zero-order valence-electron chi connectivity index (χ0n) is 15.2. The summed E-state index contributed by atoms with van der Waals surface area (Å²) in [6.45, 7) is 4.10. The van der Waals surface area contributed by atoms with Gasteiger partial charge in [0, 0.05) is 23.4 Å². The van der Waals surface area contributed by atoms with E-state index >= 15 is 0 Å². The minimum absolute atomic E-state index is 0.0540. The number of rotatable bonds is 7. The summed E-state index contributed by atoms with van der Waals surface area (Å²) < 4.78 is 7.40. The Morgan fingerprint density at radius 2 is 1.96 bits per heavy atom. The molecule has 0 bridgehead atoms. The Morgan fingerprint density at radius 3 is 2.74 bits per heavy atom. The number of carbonyl (C=O) groups excluding carboxylic acids is 2. The molecule has 138 valence electrons. The maximum Gasteiger partial charge on any atom is 0.262 e. The number of nitrogens with one attached hydrogen (secondary N) is 1. The summed E-state index contributed by atoms with van der Waals surface area (Å²) in [7, 11) is 0. The van der Waals surface area contributed by atoms with Gasteiger partial charge in [-0.15, -0.1) is 10.2 Å². The fourth-order valence-corrected chi connectivity index (χ4v) is 2.60. The molecule has 0 saturated heterocycles. The van der Waals surface area contributed by atoms with Gasteiger partial charge in [0.2, 0.25) is 0 Å². The number of ketones is 1. The molecule has 7 nitrogen and oxygen atoms in total. The lowest BCUT2D eigenvalue weighted by Gasteiger charge is -2.09. The van der Waals surface area contributed by atoms with Crippen LogP contribution in [0.15, 0.2) is 54.9 Å². The molecule has 27 heavy (non-hydrogen) atoms. The van der Waals surface area contributed by atoms with Gasteiger partial charge in [-0.1, -0.05) is 24.3 Å². The number of Topliss-reactive ketones (excluding diaryl/α,β-unsaturated/α-hetero) is 1. The van der Waals surface area contributed by atoms with Crippen molar-refractivity contribution in [3.63, 3.8) is 0 Å². The first-order valence-electron chi connectivity index (χ1n) is 8.58. The van der Waals surface area contributed by atoms with Crippen LogP contribution in [0.5, 0.6) is 5.75 Å². The van der Waals surface area contributed by atoms with Gasteiger partial charge in [-0.3, -0.25) is 9.59 Å². The zero-order chi connectivity index (χ0) is 19.2. The van der Waals surface area contributed by atoms with Crippen LogP contribution >= 0.6 is 0 Å². The van der Waals surface area contributed by atoms with Crippen molar-refractivity contribution in [3.05, 3.63) is 60.4 Å². The van der Waals surface area contributed by atoms with Crippen molar-refractivity contribution >= 4 is 17.4 Å². The maximum absolute atomic E-state index is 12.2. The second kappa shape index (κ2) is 8.27. The standard InChI is InChI=1S/C20H20N4O3/c1-3-24-13-21-23-20(24)16-7-4-8-17(10-16)22-19(26)12-27-18-9-5-6-15(11-18)14(2)25/h4-11,13H,3,12H2,1-2H3,(H,22,26). The number of carbonyl (C=O) groups is 2. The van der Waals surface area contributed by atoms with E-state index in [4.69, 9.17) is 4.74 Å². The summed E-state index contributed by atoms with van der Waals surface area (Å²) in [5.41, 5.74) is 2.05. The SMILES string of the molecule is CCn1cnnc1-c1cccc(NC(=O)COc2cccc(C(C)=O)c2)c1. The van der Waals surface area contributed by atoms with Gasteiger partial charge in [0.1, 0.15) is 12.1 Å². The number of ether oxygens (including phenoxy) is 1. The number of amides is 1. The smallest absolute Gasteiger partial charge is 0.262 e. The third-order valence-corrected chi connectivity index (χ3v) is 3.97. The summed E-state index contributed by atoms with van der Waals surface area (Å²) in [4.78, 5) is 23.6. The minimum Gasteiger partial charge on any atom is -0.484 e. The molecule has 2 aromatic carbocycles. The third-order valence-electron chi connectivity index (χ3n) is 3.97. The third kappa shape index (κ3) is 4.58. The van der Waals surface area contributed by atoms with Crippen LogP contribution in [-0.2, 0) is 11.3 Å². The van der Waals surface area contributed by atoms with Crippen molar-refractivity contribution in [2.24, 2.45) is 0 Å². The molecule has 1 aromatic heterocycles. The fraction of sp³-hybridized carbons (Fsp3) is 0.200. The van der Waals surface area contributed by atoms with E-state index in [1.807, 2.05) is 29.7 Å². The number of hydrogen-bond acceptors (Lipinski definition) is 5. The average molecular weight is 364 g/mol. The topological polar surface area (TPSA) is 86.1 Å². The van der Waals surface area contributed by atoms with Gasteiger partial charge >= 0.3 is 0 Å². The average Bonchev–Trinajstić information content (AvgIpc) is 3.16. The molecule has 0 radical (unpaired) electrons. The number of benzene rings is 2. The first-order chi connectivity index (χ1) is 13.1. The Labute approximate surface area is 157 Å². The molecular formula is C20H20N4O3. The molecule has 3 rings (SSSR count). The van der Waals surface area contributed by atoms with Gasteiger partial charge in [-0.05, 0) is 38.1 Å². The van der Waals surface area contributed by atoms with E-state index in [9.17, 15) is 9.59 Å². The lowest BCUT2D eigenvalue weighted by Crippen LogP contribution is -2.20. The second-order valence-electron chi connectivity index (χ2n) is 5.94. The normalized spacial score (nSPS) is 10.4. The molecule has 1 N–H and O–H groups in total. The fourth-order valence-electron chi connectivity index (χ4n) is 2.60. The Kier molecular flexibility index (Phi) is 5.61. The molecule has 0 aliphatic heterocycles. The highest BCUT2D eigenvalue weighted by Crippen LogP contribution is 2.21. The number of aromatic nitrogens is 3. The molecular weight excluding hydrogens is 344 g/mol. The molecule has 1 amide bonds. The Balaban J connectivity index is 1.64. The van der Waals surface area contributed by atoms with Crippen molar-refractivity contribution < 1.29 is 14.3 Å². The van der Waals surface area contributed by atoms with E-state index in [0.717, 1.165) is 17.9 Å². The lowest BCUT2D eigenvalue weighted by molar-refractivity contribution is -0.118. The lowest BCUT2D eigenvalue weighted by atomic mass is 10.1. The summed E-state index contributed by atoms with van der Waals surface area (Å²) >= 11 is 0. The highest BCUT2D eigenvalue weighted by molar-refractivity contribution is 5.94. The molecule has 0 unspecified atom stereocenters. The maximum atomic E-state index is 12.2. The van der Waals surface area contributed by atoms with Crippen molar-refractivity contribution in [3.8, 4) is 17.1 Å². The van der Waals surface area contributed by atoms with Gasteiger partial charge in [0.05, 0.1) is 0 Å². The van der Waals surface area contributed by atoms with E-state index in [-0.39, 0.29) is 18.3 Å². The largest absolute Gasteiger partial charge is 0.484 e. The number of hydrogen-bond donors (Lipinski definition) is 1. The molecule has 0 atom stereocenters. The van der Waals surface area contributed by atoms with E-state index in [2.05, 4.69) is 15.5 Å². The predicted molar refractivity (Wildman–Crippen MR) is 102 cm³/mol. The molecule has 0 saturated carbocycles. The van der Waals surface area contributed by atoms with Crippen LogP contribution in [0.25, 0.3) is 11.4 Å². The van der Waals surface area contributed by atoms with Crippen molar-refractivity contribution in [1.29, 1.82) is 0 Å². The van der Waals surface area contributed by atoms with Crippen LogP contribution < -0.4 is 10.1 Å². The highest BCUT2D eigenvalue weighted by atomic mass is 16.5. The predicted octanol–water partition coefficient (Wildman–Crippen LogP) is 3.19. The second-order valence-corrected chi connectivity index (χ2v) is 5.94. The van der Waals surface area contributed by atoms with Gasteiger partial charge in [0.25, 0.3) is 5.91 Å².